The molecule has 6 rings (SSSR count). The van der Waals surface area contributed by atoms with Crippen molar-refractivity contribution < 1.29 is 9.53 Å². The molecule has 26 heavy (non-hydrogen) atoms. The Balaban J connectivity index is 1.28. The van der Waals surface area contributed by atoms with Gasteiger partial charge in [-0.1, -0.05) is 0 Å². The van der Waals surface area contributed by atoms with Gasteiger partial charge in [0.1, 0.15) is 6.10 Å². The summed E-state index contributed by atoms with van der Waals surface area (Å²) in [6, 6.07) is 3.80. The van der Waals surface area contributed by atoms with Crippen LogP contribution in [0.5, 0.6) is 5.88 Å². The van der Waals surface area contributed by atoms with Gasteiger partial charge < -0.3 is 9.64 Å². The number of piperidine rings is 1. The van der Waals surface area contributed by atoms with Gasteiger partial charge in [0.05, 0.1) is 17.7 Å². The Kier molecular flexibility index (Phi) is 3.94. The highest BCUT2D eigenvalue weighted by atomic mass is 16.5. The van der Waals surface area contributed by atoms with Gasteiger partial charge in [0.2, 0.25) is 11.8 Å². The third-order valence-corrected chi connectivity index (χ3v) is 7.22. The zero-order chi connectivity index (χ0) is 17.7. The molecule has 5 fully saturated rings. The number of ether oxygens (including phenoxy) is 1. The standard InChI is InChI=1S/C21H29N3O2/c1-14-4-5-19(23-22-14)26-18-3-2-6-24(13-18)20(25)21-10-15-7-16(11-21)9-17(8-15)12-21/h4-5,15-18H,2-3,6-13H2,1H3. The highest BCUT2D eigenvalue weighted by molar-refractivity contribution is 5.83. The fourth-order valence-corrected chi connectivity index (χ4v) is 6.55. The molecule has 1 aliphatic heterocycles. The van der Waals surface area contributed by atoms with Crippen LogP contribution in [0.15, 0.2) is 12.1 Å². The van der Waals surface area contributed by atoms with Gasteiger partial charge in [-0.15, -0.1) is 5.10 Å². The van der Waals surface area contributed by atoms with Gasteiger partial charge in [0.25, 0.3) is 0 Å². The van der Waals surface area contributed by atoms with Crippen molar-refractivity contribution in [2.24, 2.45) is 23.2 Å². The molecule has 1 atom stereocenters. The molecule has 1 saturated heterocycles. The number of amides is 1. The summed E-state index contributed by atoms with van der Waals surface area (Å²) >= 11 is 0. The largest absolute Gasteiger partial charge is 0.471 e. The molecular weight excluding hydrogens is 326 g/mol. The Labute approximate surface area is 155 Å². The number of nitrogens with zero attached hydrogens (tertiary/aromatic N) is 3. The molecule has 140 valence electrons. The summed E-state index contributed by atoms with van der Waals surface area (Å²) in [7, 11) is 0. The lowest BCUT2D eigenvalue weighted by atomic mass is 9.49. The Morgan fingerprint density at radius 1 is 1.12 bits per heavy atom. The molecule has 0 N–H and O–H groups in total. The van der Waals surface area contributed by atoms with Crippen molar-refractivity contribution in [1.29, 1.82) is 0 Å². The van der Waals surface area contributed by atoms with Gasteiger partial charge in [0, 0.05) is 12.6 Å². The van der Waals surface area contributed by atoms with E-state index in [9.17, 15) is 4.79 Å². The van der Waals surface area contributed by atoms with Crippen molar-refractivity contribution in [2.45, 2.75) is 64.4 Å². The molecule has 0 radical (unpaired) electrons. The Hall–Kier alpha value is -1.65. The zero-order valence-corrected chi connectivity index (χ0v) is 15.7. The van der Waals surface area contributed by atoms with Crippen LogP contribution in [0.3, 0.4) is 0 Å². The maximum absolute atomic E-state index is 13.5. The second-order valence-electron chi connectivity index (χ2n) is 9.34. The molecule has 4 bridgehead atoms. The second kappa shape index (κ2) is 6.21. The zero-order valence-electron chi connectivity index (χ0n) is 15.7. The maximum Gasteiger partial charge on any atom is 0.233 e. The fourth-order valence-electron chi connectivity index (χ4n) is 6.55. The number of hydrogen-bond acceptors (Lipinski definition) is 4. The molecule has 5 heteroatoms. The number of hydrogen-bond donors (Lipinski definition) is 0. The smallest absolute Gasteiger partial charge is 0.233 e. The molecule has 4 saturated carbocycles. The third kappa shape index (κ3) is 2.89. The molecule has 1 unspecified atom stereocenters. The summed E-state index contributed by atoms with van der Waals surface area (Å²) in [5, 5.41) is 8.19. The normalized spacial score (nSPS) is 38.4. The summed E-state index contributed by atoms with van der Waals surface area (Å²) < 4.78 is 6.04. The minimum atomic E-state index is -0.0414. The van der Waals surface area contributed by atoms with Crippen molar-refractivity contribution in [3.63, 3.8) is 0 Å². The molecule has 1 amide bonds. The molecule has 5 nitrogen and oxygen atoms in total. The van der Waals surface area contributed by atoms with E-state index in [1.54, 1.807) is 0 Å². The van der Waals surface area contributed by atoms with E-state index in [0.717, 1.165) is 62.1 Å². The number of carbonyl (C=O) groups excluding carboxylic acids is 1. The SMILES string of the molecule is Cc1ccc(OC2CCCN(C(=O)C34CC5CC(CC(C5)C3)C4)C2)nn1. The highest BCUT2D eigenvalue weighted by Crippen LogP contribution is 2.60. The van der Waals surface area contributed by atoms with Crippen LogP contribution in [-0.4, -0.2) is 40.2 Å². The van der Waals surface area contributed by atoms with E-state index >= 15 is 0 Å². The second-order valence-corrected chi connectivity index (χ2v) is 9.34. The van der Waals surface area contributed by atoms with E-state index in [4.69, 9.17) is 4.74 Å². The van der Waals surface area contributed by atoms with Crippen molar-refractivity contribution >= 4 is 5.91 Å². The van der Waals surface area contributed by atoms with Crippen LogP contribution in [0.2, 0.25) is 0 Å². The number of aryl methyl sites for hydroxylation is 1. The number of aromatic nitrogens is 2. The van der Waals surface area contributed by atoms with E-state index in [2.05, 4.69) is 15.1 Å². The number of rotatable bonds is 3. The van der Waals surface area contributed by atoms with Crippen molar-refractivity contribution in [3.05, 3.63) is 17.8 Å². The number of carbonyl (C=O) groups is 1. The van der Waals surface area contributed by atoms with Crippen molar-refractivity contribution in [1.82, 2.24) is 15.1 Å². The predicted molar refractivity (Wildman–Crippen MR) is 97.6 cm³/mol. The quantitative estimate of drug-likeness (QED) is 0.834. The average molecular weight is 355 g/mol. The van der Waals surface area contributed by atoms with E-state index in [1.165, 1.54) is 19.3 Å². The first-order chi connectivity index (χ1) is 12.6. The summed E-state index contributed by atoms with van der Waals surface area (Å²) in [6.45, 7) is 3.51. The lowest BCUT2D eigenvalue weighted by Crippen LogP contribution is -2.57. The Morgan fingerprint density at radius 2 is 1.81 bits per heavy atom. The van der Waals surface area contributed by atoms with Crippen LogP contribution in [0.4, 0.5) is 0 Å². The van der Waals surface area contributed by atoms with Crippen LogP contribution in [0, 0.1) is 30.1 Å². The fraction of sp³-hybridized carbons (Fsp3) is 0.762. The lowest BCUT2D eigenvalue weighted by Gasteiger charge is -2.57. The van der Waals surface area contributed by atoms with Gasteiger partial charge >= 0.3 is 0 Å². The van der Waals surface area contributed by atoms with Crippen LogP contribution in [0.1, 0.15) is 57.1 Å². The minimum Gasteiger partial charge on any atom is -0.471 e. The Bertz CT molecular complexity index is 652. The highest BCUT2D eigenvalue weighted by Gasteiger charge is 2.55. The number of likely N-dealkylation sites (tertiary alicyclic amines) is 1. The molecule has 1 aromatic heterocycles. The molecule has 2 heterocycles. The van der Waals surface area contributed by atoms with Gasteiger partial charge in [-0.2, -0.15) is 5.10 Å². The lowest BCUT2D eigenvalue weighted by molar-refractivity contribution is -0.160. The minimum absolute atomic E-state index is 0.0404. The van der Waals surface area contributed by atoms with E-state index in [-0.39, 0.29) is 11.5 Å². The first kappa shape index (κ1) is 16.5. The van der Waals surface area contributed by atoms with E-state index in [0.29, 0.717) is 18.3 Å². The predicted octanol–water partition coefficient (Wildman–Crippen LogP) is 3.37. The topological polar surface area (TPSA) is 55.3 Å². The van der Waals surface area contributed by atoms with Gasteiger partial charge in [-0.05, 0) is 82.1 Å². The Morgan fingerprint density at radius 3 is 2.42 bits per heavy atom. The summed E-state index contributed by atoms with van der Waals surface area (Å²) in [5.74, 6) is 3.43. The van der Waals surface area contributed by atoms with Gasteiger partial charge in [0.15, 0.2) is 0 Å². The summed E-state index contributed by atoms with van der Waals surface area (Å²) in [6.07, 6.45) is 9.61. The van der Waals surface area contributed by atoms with Crippen LogP contribution in [-0.2, 0) is 4.79 Å². The molecule has 4 aliphatic carbocycles. The van der Waals surface area contributed by atoms with Crippen LogP contribution < -0.4 is 4.74 Å². The molecular formula is C21H29N3O2. The monoisotopic (exact) mass is 355 g/mol. The maximum atomic E-state index is 13.5. The first-order valence-corrected chi connectivity index (χ1v) is 10.4. The van der Waals surface area contributed by atoms with Gasteiger partial charge in [-0.25, -0.2) is 0 Å². The first-order valence-electron chi connectivity index (χ1n) is 10.4. The van der Waals surface area contributed by atoms with E-state index < -0.39 is 0 Å². The third-order valence-electron chi connectivity index (χ3n) is 7.22. The molecule has 5 aliphatic rings. The average Bonchev–Trinajstić information content (AvgIpc) is 2.62. The molecule has 1 aromatic rings. The molecule has 0 spiro atoms. The van der Waals surface area contributed by atoms with Gasteiger partial charge in [-0.3, -0.25) is 4.79 Å². The van der Waals surface area contributed by atoms with Crippen LogP contribution >= 0.6 is 0 Å². The summed E-state index contributed by atoms with van der Waals surface area (Å²) in [4.78, 5) is 15.7. The van der Waals surface area contributed by atoms with Crippen molar-refractivity contribution in [2.75, 3.05) is 13.1 Å². The van der Waals surface area contributed by atoms with E-state index in [1.807, 2.05) is 19.1 Å². The van der Waals surface area contributed by atoms with Crippen LogP contribution in [0.25, 0.3) is 0 Å². The molecule has 0 aromatic carbocycles. The van der Waals surface area contributed by atoms with Crippen molar-refractivity contribution in [3.8, 4) is 5.88 Å². The summed E-state index contributed by atoms with van der Waals surface area (Å²) in [5.41, 5.74) is 0.847.